The molecule has 29 heavy (non-hydrogen) atoms. The predicted octanol–water partition coefficient (Wildman–Crippen LogP) is 4.15. The van der Waals surface area contributed by atoms with Crippen molar-refractivity contribution in [1.29, 1.82) is 0 Å². The predicted molar refractivity (Wildman–Crippen MR) is 111 cm³/mol. The normalized spacial score (nSPS) is 12.0. The van der Waals surface area contributed by atoms with Crippen molar-refractivity contribution < 1.29 is 19.4 Å². The zero-order chi connectivity index (χ0) is 20.2. The van der Waals surface area contributed by atoms with Gasteiger partial charge >= 0.3 is 0 Å². The summed E-state index contributed by atoms with van der Waals surface area (Å²) in [6.07, 6.45) is 1.27. The van der Waals surface area contributed by atoms with Gasteiger partial charge in [0, 0.05) is 12.5 Å². The lowest BCUT2D eigenvalue weighted by molar-refractivity contribution is 0.108. The average Bonchev–Trinajstić information content (AvgIpc) is 2.74. The summed E-state index contributed by atoms with van der Waals surface area (Å²) in [6.45, 7) is 0.135. The molecule has 0 radical (unpaired) electrons. The van der Waals surface area contributed by atoms with Crippen LogP contribution in [0.3, 0.4) is 0 Å². The fourth-order valence-corrected chi connectivity index (χ4v) is 3.18. The molecule has 3 aromatic carbocycles. The van der Waals surface area contributed by atoms with E-state index in [1.165, 1.54) is 18.4 Å². The minimum Gasteiger partial charge on any atom is -0.508 e. The number of fused-ring (bicyclic) bond motifs is 1. The maximum absolute atomic E-state index is 12.8. The fourth-order valence-electron chi connectivity index (χ4n) is 3.18. The van der Waals surface area contributed by atoms with Crippen LogP contribution in [0.2, 0.25) is 0 Å². The number of aliphatic hydroxyl groups is 1. The Hall–Kier alpha value is -3.57. The van der Waals surface area contributed by atoms with Gasteiger partial charge in [-0.3, -0.25) is 4.79 Å². The second-order valence-electron chi connectivity index (χ2n) is 6.84. The average molecular weight is 388 g/mol. The van der Waals surface area contributed by atoms with E-state index in [0.29, 0.717) is 34.3 Å². The van der Waals surface area contributed by atoms with Gasteiger partial charge in [0.2, 0.25) is 0 Å². The number of hydrogen-bond donors (Lipinski definition) is 2. The second kappa shape index (κ2) is 8.20. The molecule has 2 N–H and O–H groups in total. The van der Waals surface area contributed by atoms with E-state index in [1.54, 1.807) is 30.3 Å². The van der Waals surface area contributed by atoms with Crippen LogP contribution >= 0.6 is 0 Å². The van der Waals surface area contributed by atoms with Crippen molar-refractivity contribution in [2.45, 2.75) is 12.5 Å². The number of phenolic OH excluding ortho intramolecular Hbond substituents is 1. The third-order valence-electron chi connectivity index (χ3n) is 4.68. The molecule has 1 atom stereocenters. The highest BCUT2D eigenvalue weighted by atomic mass is 16.5. The Labute approximate surface area is 167 Å². The Morgan fingerprint density at radius 2 is 1.72 bits per heavy atom. The van der Waals surface area contributed by atoms with Crippen LogP contribution in [0.4, 0.5) is 0 Å². The van der Waals surface area contributed by atoms with Crippen molar-refractivity contribution in [2.75, 3.05) is 6.61 Å². The first-order valence-electron chi connectivity index (χ1n) is 9.30. The maximum atomic E-state index is 12.8. The van der Waals surface area contributed by atoms with Gasteiger partial charge in [0.1, 0.15) is 30.0 Å². The Kier molecular flexibility index (Phi) is 5.31. The molecule has 1 heterocycles. The van der Waals surface area contributed by atoms with Crippen molar-refractivity contribution in [3.63, 3.8) is 0 Å². The number of aromatic hydroxyl groups is 1. The zero-order valence-corrected chi connectivity index (χ0v) is 15.6. The molecule has 5 nitrogen and oxygen atoms in total. The minimum atomic E-state index is -0.642. The molecule has 0 fully saturated rings. The van der Waals surface area contributed by atoms with Crippen LogP contribution < -0.4 is 10.2 Å². The summed E-state index contributed by atoms with van der Waals surface area (Å²) < 4.78 is 11.3. The Bertz CT molecular complexity index is 1160. The Balaban J connectivity index is 1.50. The number of phenols is 1. The molecule has 146 valence electrons. The first kappa shape index (κ1) is 18.8. The van der Waals surface area contributed by atoms with Gasteiger partial charge in [-0.05, 0) is 35.4 Å². The van der Waals surface area contributed by atoms with Gasteiger partial charge in [0.25, 0.3) is 0 Å². The molecule has 0 aliphatic rings. The van der Waals surface area contributed by atoms with Crippen molar-refractivity contribution >= 4 is 11.0 Å². The van der Waals surface area contributed by atoms with Crippen molar-refractivity contribution in [2.24, 2.45) is 0 Å². The third kappa shape index (κ3) is 4.31. The topological polar surface area (TPSA) is 79.9 Å². The monoisotopic (exact) mass is 388 g/mol. The molecule has 0 saturated carbocycles. The van der Waals surface area contributed by atoms with Gasteiger partial charge in [0.15, 0.2) is 5.43 Å². The summed E-state index contributed by atoms with van der Waals surface area (Å²) in [4.78, 5) is 12.8. The molecular weight excluding hydrogens is 368 g/mol. The highest BCUT2D eigenvalue weighted by molar-refractivity contribution is 5.82. The number of ether oxygens (including phenoxy) is 1. The SMILES string of the molecule is O=c1c(-c2ccc(O)cc2)coc2cc(OCC(O)Cc3ccccc3)ccc12. The molecule has 4 aromatic rings. The molecule has 1 aromatic heterocycles. The van der Waals surface area contributed by atoms with Gasteiger partial charge in [-0.2, -0.15) is 0 Å². The lowest BCUT2D eigenvalue weighted by Gasteiger charge is -2.13. The van der Waals surface area contributed by atoms with Crippen molar-refractivity contribution in [3.05, 3.63) is 94.8 Å². The van der Waals surface area contributed by atoms with E-state index in [9.17, 15) is 15.0 Å². The van der Waals surface area contributed by atoms with Crippen LogP contribution in [-0.4, -0.2) is 22.9 Å². The molecule has 0 spiro atoms. The van der Waals surface area contributed by atoms with E-state index in [4.69, 9.17) is 9.15 Å². The number of benzene rings is 3. The van der Waals surface area contributed by atoms with Gasteiger partial charge in [-0.15, -0.1) is 0 Å². The quantitative estimate of drug-likeness (QED) is 0.519. The fraction of sp³-hybridized carbons (Fsp3) is 0.125. The second-order valence-corrected chi connectivity index (χ2v) is 6.84. The molecule has 0 amide bonds. The van der Waals surface area contributed by atoms with Crippen LogP contribution in [0, 0.1) is 0 Å². The molecule has 0 bridgehead atoms. The molecule has 0 saturated heterocycles. The first-order valence-corrected chi connectivity index (χ1v) is 9.30. The van der Waals surface area contributed by atoms with E-state index < -0.39 is 6.10 Å². The summed E-state index contributed by atoms with van der Waals surface area (Å²) >= 11 is 0. The Morgan fingerprint density at radius 1 is 0.966 bits per heavy atom. The highest BCUT2D eigenvalue weighted by Gasteiger charge is 2.11. The summed E-state index contributed by atoms with van der Waals surface area (Å²) in [6, 6.07) is 21.1. The van der Waals surface area contributed by atoms with Gasteiger partial charge in [0.05, 0.1) is 17.1 Å². The molecule has 4 rings (SSSR count). The molecule has 0 aliphatic carbocycles. The van der Waals surface area contributed by atoms with Crippen LogP contribution in [0.25, 0.3) is 22.1 Å². The molecule has 5 heteroatoms. The van der Waals surface area contributed by atoms with Crippen LogP contribution in [0.1, 0.15) is 5.56 Å². The van der Waals surface area contributed by atoms with E-state index in [1.807, 2.05) is 30.3 Å². The van der Waals surface area contributed by atoms with Gasteiger partial charge < -0.3 is 19.4 Å². The zero-order valence-electron chi connectivity index (χ0n) is 15.6. The van der Waals surface area contributed by atoms with Crippen molar-refractivity contribution in [1.82, 2.24) is 0 Å². The molecular formula is C24H20O5. The smallest absolute Gasteiger partial charge is 0.200 e. The van der Waals surface area contributed by atoms with Gasteiger partial charge in [-0.1, -0.05) is 42.5 Å². The maximum Gasteiger partial charge on any atom is 0.200 e. The number of aliphatic hydroxyl groups excluding tert-OH is 1. The van der Waals surface area contributed by atoms with Gasteiger partial charge in [-0.25, -0.2) is 0 Å². The lowest BCUT2D eigenvalue weighted by atomic mass is 10.1. The summed E-state index contributed by atoms with van der Waals surface area (Å²) in [5.41, 5.74) is 2.38. The summed E-state index contributed by atoms with van der Waals surface area (Å²) in [5, 5.41) is 20.0. The first-order chi connectivity index (χ1) is 14.1. The van der Waals surface area contributed by atoms with E-state index in [0.717, 1.165) is 5.56 Å². The number of rotatable bonds is 6. The van der Waals surface area contributed by atoms with E-state index in [2.05, 4.69) is 0 Å². The standard InChI is InChI=1S/C24H20O5/c25-18-8-6-17(7-9-18)22-15-29-23-13-20(10-11-21(23)24(22)27)28-14-19(26)12-16-4-2-1-3-5-16/h1-11,13,15,19,25-26H,12,14H2. The molecule has 1 unspecified atom stereocenters. The van der Waals surface area contributed by atoms with Crippen LogP contribution in [0.15, 0.2) is 88.3 Å². The van der Waals surface area contributed by atoms with E-state index in [-0.39, 0.29) is 17.8 Å². The van der Waals surface area contributed by atoms with Crippen LogP contribution in [-0.2, 0) is 6.42 Å². The Morgan fingerprint density at radius 3 is 2.48 bits per heavy atom. The van der Waals surface area contributed by atoms with Crippen LogP contribution in [0.5, 0.6) is 11.5 Å². The summed E-state index contributed by atoms with van der Waals surface area (Å²) in [7, 11) is 0. The number of hydrogen-bond acceptors (Lipinski definition) is 5. The lowest BCUT2D eigenvalue weighted by Crippen LogP contribution is -2.20. The summed E-state index contributed by atoms with van der Waals surface area (Å²) in [5.74, 6) is 0.653. The van der Waals surface area contributed by atoms with E-state index >= 15 is 0 Å². The minimum absolute atomic E-state index is 0.134. The highest BCUT2D eigenvalue weighted by Crippen LogP contribution is 2.24. The third-order valence-corrected chi connectivity index (χ3v) is 4.68. The largest absolute Gasteiger partial charge is 0.508 e. The van der Waals surface area contributed by atoms with Crippen molar-refractivity contribution in [3.8, 4) is 22.6 Å². The molecule has 0 aliphatic heterocycles.